The number of amides is 2. The van der Waals surface area contributed by atoms with Crippen LogP contribution in [0.4, 0.5) is 0 Å². The van der Waals surface area contributed by atoms with E-state index >= 15 is 0 Å². The molecule has 23 heavy (non-hydrogen) atoms. The van der Waals surface area contributed by atoms with Crippen molar-refractivity contribution < 1.29 is 9.59 Å². The van der Waals surface area contributed by atoms with E-state index in [1.807, 2.05) is 12.1 Å². The predicted octanol–water partition coefficient (Wildman–Crippen LogP) is 1.98. The Morgan fingerprint density at radius 3 is 2.87 bits per heavy atom. The number of carbonyl (C=O) groups excluding carboxylic acids is 2. The average molecular weight is 330 g/mol. The number of carbonyl (C=O) groups is 2. The Hall–Kier alpha value is -2.40. The lowest BCUT2D eigenvalue weighted by Crippen LogP contribution is -2.52. The molecule has 1 aliphatic rings. The second-order valence-corrected chi connectivity index (χ2v) is 5.75. The fourth-order valence-corrected chi connectivity index (χ4v) is 2.96. The fourth-order valence-electron chi connectivity index (χ4n) is 2.72. The molecular weight excluding hydrogens is 314 g/mol. The number of aromatic nitrogens is 1. The van der Waals surface area contributed by atoms with Gasteiger partial charge in [0.2, 0.25) is 11.8 Å². The summed E-state index contributed by atoms with van der Waals surface area (Å²) < 4.78 is 0. The fraction of sp³-hybridized carbons (Fsp3) is 0.235. The first-order chi connectivity index (χ1) is 11.2. The van der Waals surface area contributed by atoms with Crippen molar-refractivity contribution in [2.24, 2.45) is 0 Å². The molecule has 0 bridgehead atoms. The van der Waals surface area contributed by atoms with Crippen LogP contribution in [0, 0.1) is 0 Å². The molecule has 0 unspecified atom stereocenters. The minimum Gasteiger partial charge on any atom is -0.352 e. The molecule has 0 aliphatic carbocycles. The van der Waals surface area contributed by atoms with Crippen LogP contribution in [0.5, 0.6) is 0 Å². The van der Waals surface area contributed by atoms with Crippen molar-refractivity contribution in [3.63, 3.8) is 0 Å². The van der Waals surface area contributed by atoms with E-state index in [1.54, 1.807) is 41.6 Å². The highest BCUT2D eigenvalue weighted by molar-refractivity contribution is 6.31. The molecule has 1 N–H and O–H groups in total. The first-order valence-corrected chi connectivity index (χ1v) is 7.75. The predicted molar refractivity (Wildman–Crippen MR) is 86.9 cm³/mol. The van der Waals surface area contributed by atoms with Gasteiger partial charge in [-0.2, -0.15) is 0 Å². The molecule has 118 valence electrons. The number of rotatable bonds is 3. The van der Waals surface area contributed by atoms with Crippen LogP contribution in [0.2, 0.25) is 5.02 Å². The molecule has 2 heterocycles. The molecule has 2 amide bonds. The molecule has 1 atom stereocenters. The highest BCUT2D eigenvalue weighted by Gasteiger charge is 2.35. The van der Waals surface area contributed by atoms with Gasteiger partial charge in [0, 0.05) is 36.1 Å². The monoisotopic (exact) mass is 329 g/mol. The first-order valence-electron chi connectivity index (χ1n) is 7.37. The Bertz CT molecular complexity index is 721. The second kappa shape index (κ2) is 6.79. The number of piperazine rings is 1. The maximum Gasteiger partial charge on any atom is 0.247 e. The first kappa shape index (κ1) is 15.5. The molecule has 3 rings (SSSR count). The van der Waals surface area contributed by atoms with Crippen LogP contribution < -0.4 is 5.32 Å². The van der Waals surface area contributed by atoms with Crippen LogP contribution >= 0.6 is 11.6 Å². The molecule has 0 radical (unpaired) electrons. The summed E-state index contributed by atoms with van der Waals surface area (Å²) in [5.74, 6) is -0.318. The minimum atomic E-state index is -0.693. The molecular formula is C17H16ClN3O2. The summed E-state index contributed by atoms with van der Waals surface area (Å²) in [5, 5.41) is 3.28. The van der Waals surface area contributed by atoms with Gasteiger partial charge in [-0.05, 0) is 17.7 Å². The van der Waals surface area contributed by atoms with Gasteiger partial charge in [0.1, 0.15) is 6.04 Å². The second-order valence-electron chi connectivity index (χ2n) is 5.34. The van der Waals surface area contributed by atoms with E-state index in [0.29, 0.717) is 23.7 Å². The van der Waals surface area contributed by atoms with E-state index in [9.17, 15) is 9.59 Å². The number of pyridine rings is 1. The number of benzene rings is 1. The minimum absolute atomic E-state index is 0.113. The summed E-state index contributed by atoms with van der Waals surface area (Å²) >= 11 is 6.23. The van der Waals surface area contributed by atoms with Crippen molar-refractivity contribution in [3.05, 3.63) is 64.9 Å². The number of nitrogens with one attached hydrogen (secondary N) is 1. The van der Waals surface area contributed by atoms with Gasteiger partial charge in [-0.15, -0.1) is 0 Å². The van der Waals surface area contributed by atoms with Gasteiger partial charge in [-0.25, -0.2) is 0 Å². The van der Waals surface area contributed by atoms with E-state index in [-0.39, 0.29) is 18.2 Å². The standard InChI is InChI=1S/C17H16ClN3O2/c18-14-6-2-1-5-13(14)16-17(23)20-8-9-21(16)15(22)10-12-4-3-7-19-11-12/h1-7,11,16H,8-10H2,(H,20,23)/t16-/m0/s1. The van der Waals surface area contributed by atoms with Crippen molar-refractivity contribution in [3.8, 4) is 0 Å². The largest absolute Gasteiger partial charge is 0.352 e. The Balaban J connectivity index is 1.88. The lowest BCUT2D eigenvalue weighted by molar-refractivity contribution is -0.143. The molecule has 6 heteroatoms. The number of hydrogen-bond acceptors (Lipinski definition) is 3. The number of nitrogens with zero attached hydrogens (tertiary/aromatic N) is 2. The van der Waals surface area contributed by atoms with Gasteiger partial charge >= 0.3 is 0 Å². The summed E-state index contributed by atoms with van der Waals surface area (Å²) in [5.41, 5.74) is 1.47. The summed E-state index contributed by atoms with van der Waals surface area (Å²) in [4.78, 5) is 30.6. The van der Waals surface area contributed by atoms with Crippen molar-refractivity contribution in [2.45, 2.75) is 12.5 Å². The van der Waals surface area contributed by atoms with Crippen molar-refractivity contribution in [2.75, 3.05) is 13.1 Å². The summed E-state index contributed by atoms with van der Waals surface area (Å²) in [6.07, 6.45) is 3.53. The molecule has 1 aliphatic heterocycles. The van der Waals surface area contributed by atoms with Gasteiger partial charge in [-0.3, -0.25) is 14.6 Å². The number of halogens is 1. The van der Waals surface area contributed by atoms with E-state index < -0.39 is 6.04 Å². The van der Waals surface area contributed by atoms with E-state index in [1.165, 1.54) is 0 Å². The average Bonchev–Trinajstić information content (AvgIpc) is 2.56. The number of hydrogen-bond donors (Lipinski definition) is 1. The highest BCUT2D eigenvalue weighted by Crippen LogP contribution is 2.29. The molecule has 0 spiro atoms. The Morgan fingerprint density at radius 2 is 2.13 bits per heavy atom. The van der Waals surface area contributed by atoms with Crippen LogP contribution in [0.1, 0.15) is 17.2 Å². The third kappa shape index (κ3) is 3.35. The lowest BCUT2D eigenvalue weighted by atomic mass is 10.0. The topological polar surface area (TPSA) is 62.3 Å². The van der Waals surface area contributed by atoms with Crippen LogP contribution in [0.3, 0.4) is 0 Å². The zero-order chi connectivity index (χ0) is 16.2. The van der Waals surface area contributed by atoms with Gasteiger partial charge in [0.25, 0.3) is 0 Å². The highest BCUT2D eigenvalue weighted by atomic mass is 35.5. The third-order valence-electron chi connectivity index (χ3n) is 3.81. The molecule has 5 nitrogen and oxygen atoms in total. The summed E-state index contributed by atoms with van der Waals surface area (Å²) in [6, 6.07) is 10.1. The third-order valence-corrected chi connectivity index (χ3v) is 4.15. The van der Waals surface area contributed by atoms with E-state index in [0.717, 1.165) is 5.56 Å². The van der Waals surface area contributed by atoms with Crippen molar-refractivity contribution in [1.82, 2.24) is 15.2 Å². The SMILES string of the molecule is O=C1NCCN(C(=O)Cc2cccnc2)[C@H]1c1ccccc1Cl. The Kier molecular flexibility index (Phi) is 4.57. The summed E-state index contributed by atoms with van der Waals surface area (Å²) in [7, 11) is 0. The molecule has 1 saturated heterocycles. The van der Waals surface area contributed by atoms with E-state index in [4.69, 9.17) is 11.6 Å². The normalized spacial score (nSPS) is 17.7. The van der Waals surface area contributed by atoms with Crippen molar-refractivity contribution >= 4 is 23.4 Å². The van der Waals surface area contributed by atoms with Gasteiger partial charge in [0.15, 0.2) is 0 Å². The zero-order valence-corrected chi connectivity index (χ0v) is 13.2. The molecule has 1 aromatic heterocycles. The van der Waals surface area contributed by atoms with Crippen LogP contribution in [-0.4, -0.2) is 34.8 Å². The van der Waals surface area contributed by atoms with Crippen molar-refractivity contribution in [1.29, 1.82) is 0 Å². The maximum absolute atomic E-state index is 12.7. The molecule has 0 saturated carbocycles. The lowest BCUT2D eigenvalue weighted by Gasteiger charge is -2.35. The van der Waals surface area contributed by atoms with E-state index in [2.05, 4.69) is 10.3 Å². The van der Waals surface area contributed by atoms with Gasteiger partial charge in [0.05, 0.1) is 6.42 Å². The molecule has 1 aromatic carbocycles. The van der Waals surface area contributed by atoms with Gasteiger partial charge < -0.3 is 10.2 Å². The molecule has 1 fully saturated rings. The quantitative estimate of drug-likeness (QED) is 0.936. The van der Waals surface area contributed by atoms with Crippen LogP contribution in [0.15, 0.2) is 48.8 Å². The van der Waals surface area contributed by atoms with Gasteiger partial charge in [-0.1, -0.05) is 35.9 Å². The van der Waals surface area contributed by atoms with Crippen LogP contribution in [-0.2, 0) is 16.0 Å². The molecule has 2 aromatic rings. The zero-order valence-electron chi connectivity index (χ0n) is 12.4. The summed E-state index contributed by atoms with van der Waals surface area (Å²) in [6.45, 7) is 0.902. The smallest absolute Gasteiger partial charge is 0.247 e. The Labute approximate surface area is 139 Å². The van der Waals surface area contributed by atoms with Crippen LogP contribution in [0.25, 0.3) is 0 Å². The maximum atomic E-state index is 12.7. The Morgan fingerprint density at radius 1 is 1.30 bits per heavy atom.